The highest BCUT2D eigenvalue weighted by Gasteiger charge is 2.22. The largest absolute Gasteiger partial charge is 0.465 e. The van der Waals surface area contributed by atoms with Gasteiger partial charge >= 0.3 is 5.97 Å². The quantitative estimate of drug-likeness (QED) is 0.595. The smallest absolute Gasteiger partial charge is 0.339 e. The number of hydrogen-bond acceptors (Lipinski definition) is 5. The summed E-state index contributed by atoms with van der Waals surface area (Å²) >= 11 is 5.76. The number of benzene rings is 1. The first-order chi connectivity index (χ1) is 8.92. The van der Waals surface area contributed by atoms with Gasteiger partial charge in [-0.05, 0) is 25.2 Å². The molecule has 0 atom stereocenters. The molecule has 0 unspecified atom stereocenters. The summed E-state index contributed by atoms with van der Waals surface area (Å²) < 4.78 is 31.1. The maximum absolute atomic E-state index is 12.1. The van der Waals surface area contributed by atoms with Gasteiger partial charge in [-0.15, -0.1) is 0 Å². The summed E-state index contributed by atoms with van der Waals surface area (Å²) in [6.45, 7) is 0.683. The Morgan fingerprint density at radius 3 is 2.63 bits per heavy atom. The number of methoxy groups -OCH3 is 1. The zero-order chi connectivity index (χ0) is 14.5. The van der Waals surface area contributed by atoms with Crippen molar-refractivity contribution in [3.63, 3.8) is 0 Å². The van der Waals surface area contributed by atoms with E-state index in [9.17, 15) is 13.2 Å². The second-order valence-corrected chi connectivity index (χ2v) is 5.81. The van der Waals surface area contributed by atoms with Crippen LogP contribution in [0.1, 0.15) is 10.4 Å². The molecule has 0 saturated carbocycles. The van der Waals surface area contributed by atoms with Crippen LogP contribution < -0.4 is 10.0 Å². The molecule has 0 saturated heterocycles. The summed E-state index contributed by atoms with van der Waals surface area (Å²) in [6, 6.07) is 3.94. The number of rotatable bonds is 6. The Morgan fingerprint density at radius 1 is 1.37 bits per heavy atom. The van der Waals surface area contributed by atoms with Crippen molar-refractivity contribution in [2.24, 2.45) is 0 Å². The summed E-state index contributed by atoms with van der Waals surface area (Å²) in [4.78, 5) is 11.4. The topological polar surface area (TPSA) is 84.5 Å². The minimum Gasteiger partial charge on any atom is -0.465 e. The highest BCUT2D eigenvalue weighted by atomic mass is 35.5. The number of ether oxygens (including phenoxy) is 1. The van der Waals surface area contributed by atoms with Crippen LogP contribution >= 0.6 is 11.6 Å². The number of nitrogens with one attached hydrogen (secondary N) is 2. The highest BCUT2D eigenvalue weighted by molar-refractivity contribution is 7.89. The summed E-state index contributed by atoms with van der Waals surface area (Å²) in [5, 5.41) is 3.07. The Bertz CT molecular complexity index is 560. The van der Waals surface area contributed by atoms with E-state index in [0.717, 1.165) is 0 Å². The molecule has 1 aromatic carbocycles. The van der Waals surface area contributed by atoms with Crippen LogP contribution in [-0.2, 0) is 14.8 Å². The van der Waals surface area contributed by atoms with Gasteiger partial charge in [-0.1, -0.05) is 11.6 Å². The molecule has 0 aromatic heterocycles. The number of carbonyl (C=O) groups excluding carboxylic acids is 1. The second kappa shape index (κ2) is 6.85. The standard InChI is InChI=1S/C11H15ClN2O4S/c1-13-5-6-14-19(16,17)10-4-3-8(12)7-9(10)11(15)18-2/h3-4,7,13-14H,5-6H2,1-2H3. The van der Waals surface area contributed by atoms with Gasteiger partial charge in [0.2, 0.25) is 10.0 Å². The molecule has 1 rings (SSSR count). The Balaban J connectivity index is 3.15. The zero-order valence-corrected chi connectivity index (χ0v) is 12.1. The first kappa shape index (κ1) is 15.9. The van der Waals surface area contributed by atoms with Gasteiger partial charge in [0.25, 0.3) is 0 Å². The van der Waals surface area contributed by atoms with Crippen molar-refractivity contribution in [3.05, 3.63) is 28.8 Å². The maximum atomic E-state index is 12.1. The van der Waals surface area contributed by atoms with Crippen LogP contribution in [0.15, 0.2) is 23.1 Å². The van der Waals surface area contributed by atoms with Gasteiger partial charge in [-0.2, -0.15) is 0 Å². The molecule has 8 heteroatoms. The predicted octanol–water partition coefficient (Wildman–Crippen LogP) is 0.624. The fourth-order valence-electron chi connectivity index (χ4n) is 1.39. The molecule has 0 aliphatic heterocycles. The third kappa shape index (κ3) is 4.17. The highest BCUT2D eigenvalue weighted by Crippen LogP contribution is 2.21. The van der Waals surface area contributed by atoms with Crippen LogP contribution in [0.2, 0.25) is 5.02 Å². The number of hydrogen-bond donors (Lipinski definition) is 2. The van der Waals surface area contributed by atoms with E-state index >= 15 is 0 Å². The summed E-state index contributed by atoms with van der Waals surface area (Å²) in [5.74, 6) is -0.753. The number of carbonyl (C=O) groups is 1. The molecule has 1 aromatic rings. The van der Waals surface area contributed by atoms with E-state index in [1.807, 2.05) is 0 Å². The molecule has 0 heterocycles. The minimum absolute atomic E-state index is 0.0908. The molecule has 0 bridgehead atoms. The molecule has 0 fully saturated rings. The van der Waals surface area contributed by atoms with Gasteiger partial charge in [0.1, 0.15) is 0 Å². The lowest BCUT2D eigenvalue weighted by atomic mass is 10.2. The molecular weight excluding hydrogens is 292 g/mol. The third-order valence-electron chi connectivity index (χ3n) is 2.30. The molecule has 0 aliphatic carbocycles. The average molecular weight is 307 g/mol. The van der Waals surface area contributed by atoms with Gasteiger partial charge < -0.3 is 10.1 Å². The lowest BCUT2D eigenvalue weighted by Gasteiger charge is -2.10. The van der Waals surface area contributed by atoms with E-state index in [4.69, 9.17) is 11.6 Å². The van der Waals surface area contributed by atoms with Crippen LogP contribution in [0, 0.1) is 0 Å². The van der Waals surface area contributed by atoms with Crippen molar-refractivity contribution in [1.29, 1.82) is 0 Å². The first-order valence-electron chi connectivity index (χ1n) is 5.44. The van der Waals surface area contributed by atoms with Crippen molar-refractivity contribution >= 4 is 27.6 Å². The molecule has 106 valence electrons. The third-order valence-corrected chi connectivity index (χ3v) is 4.06. The van der Waals surface area contributed by atoms with Crippen molar-refractivity contribution in [1.82, 2.24) is 10.0 Å². The SMILES string of the molecule is CNCCNS(=O)(=O)c1ccc(Cl)cc1C(=O)OC. The lowest BCUT2D eigenvalue weighted by Crippen LogP contribution is -2.31. The van der Waals surface area contributed by atoms with E-state index in [2.05, 4.69) is 14.8 Å². The van der Waals surface area contributed by atoms with Gasteiger partial charge in [-0.25, -0.2) is 17.9 Å². The van der Waals surface area contributed by atoms with Crippen molar-refractivity contribution < 1.29 is 17.9 Å². The molecular formula is C11H15ClN2O4S. The van der Waals surface area contributed by atoms with Crippen LogP contribution in [-0.4, -0.2) is 41.6 Å². The zero-order valence-electron chi connectivity index (χ0n) is 10.6. The number of halogens is 1. The molecule has 6 nitrogen and oxygen atoms in total. The van der Waals surface area contributed by atoms with Gasteiger partial charge in [-0.3, -0.25) is 0 Å². The molecule has 0 aliphatic rings. The fraction of sp³-hybridized carbons (Fsp3) is 0.364. The van der Waals surface area contributed by atoms with Crippen LogP contribution in [0.5, 0.6) is 0 Å². The molecule has 0 amide bonds. The van der Waals surface area contributed by atoms with Gasteiger partial charge in [0.05, 0.1) is 17.6 Å². The summed E-state index contributed by atoms with van der Waals surface area (Å²) in [5.41, 5.74) is -0.0908. The van der Waals surface area contributed by atoms with E-state index in [1.54, 1.807) is 7.05 Å². The Labute approximate surface area is 117 Å². The number of likely N-dealkylation sites (N-methyl/N-ethyl adjacent to an activating group) is 1. The van der Waals surface area contributed by atoms with Gasteiger partial charge in [0.15, 0.2) is 0 Å². The van der Waals surface area contributed by atoms with Crippen LogP contribution in [0.4, 0.5) is 0 Å². The molecule has 19 heavy (non-hydrogen) atoms. The Hall–Kier alpha value is -1.15. The molecule has 0 radical (unpaired) electrons. The van der Waals surface area contributed by atoms with Crippen molar-refractivity contribution in [2.75, 3.05) is 27.2 Å². The van der Waals surface area contributed by atoms with Crippen LogP contribution in [0.3, 0.4) is 0 Å². The molecule has 0 spiro atoms. The van der Waals surface area contributed by atoms with Crippen molar-refractivity contribution in [3.8, 4) is 0 Å². The lowest BCUT2D eigenvalue weighted by molar-refractivity contribution is 0.0596. The number of sulfonamides is 1. The normalized spacial score (nSPS) is 11.3. The Morgan fingerprint density at radius 2 is 2.05 bits per heavy atom. The minimum atomic E-state index is -3.78. The second-order valence-electron chi connectivity index (χ2n) is 3.63. The van der Waals surface area contributed by atoms with Crippen LogP contribution in [0.25, 0.3) is 0 Å². The maximum Gasteiger partial charge on any atom is 0.339 e. The monoisotopic (exact) mass is 306 g/mol. The van der Waals surface area contributed by atoms with Gasteiger partial charge in [0, 0.05) is 18.1 Å². The average Bonchev–Trinajstić information content (AvgIpc) is 2.37. The Kier molecular flexibility index (Phi) is 5.74. The molecule has 2 N–H and O–H groups in total. The summed E-state index contributed by atoms with van der Waals surface area (Å²) in [6.07, 6.45) is 0. The predicted molar refractivity (Wildman–Crippen MR) is 71.9 cm³/mol. The van der Waals surface area contributed by atoms with Crippen molar-refractivity contribution in [2.45, 2.75) is 4.90 Å². The fourth-order valence-corrected chi connectivity index (χ4v) is 2.77. The summed E-state index contributed by atoms with van der Waals surface area (Å²) in [7, 11) is -0.905. The van der Waals surface area contributed by atoms with E-state index in [0.29, 0.717) is 6.54 Å². The van der Waals surface area contributed by atoms with E-state index < -0.39 is 16.0 Å². The van der Waals surface area contributed by atoms with E-state index in [1.165, 1.54) is 25.3 Å². The first-order valence-corrected chi connectivity index (χ1v) is 7.30. The number of esters is 1. The van der Waals surface area contributed by atoms with E-state index in [-0.39, 0.29) is 22.0 Å².